The molecule has 0 saturated carbocycles. The first-order valence-electron chi connectivity index (χ1n) is 8.92. The number of ether oxygens (including phenoxy) is 1. The van der Waals surface area contributed by atoms with E-state index >= 15 is 4.39 Å². The molecular weight excluding hydrogens is 393 g/mol. The van der Waals surface area contributed by atoms with E-state index < -0.39 is 68.6 Å². The molecule has 1 unspecified atom stereocenters. The Morgan fingerprint density at radius 1 is 1.67 bits per heavy atom. The number of rotatable bonds is 7. The van der Waals surface area contributed by atoms with Gasteiger partial charge in [0.1, 0.15) is 18.2 Å². The van der Waals surface area contributed by atoms with Gasteiger partial charge in [0.2, 0.25) is 0 Å². The van der Waals surface area contributed by atoms with Gasteiger partial charge in [-0.3, -0.25) is 23.7 Å². The standard InChI is InChI=1S/C13H19FN3O9P/c1-6(10(20)21)16-27(23,24)25-5-7-9(19)13(2,14)11(26-7)17-4-3-8(18)15-12(17)22/h3-4,6-7,9,11,19H,5H2,1-2H3,(H,20,21)(H,15,18,22)(H2,16,23,24)/t6-,7+,9+,11+,13+/m0/s1/i2+1D3. The SMILES string of the molecule is [2H][13C]([2H])([2H])[C@@]1(F)[C@H](O)[C@@H](COP(=O)(O)N[C@@H](C)C(=O)O)O[C@H]1n1ccc(=O)[nH]c1=O. The van der Waals surface area contributed by atoms with Crippen molar-refractivity contribution in [2.75, 3.05) is 6.61 Å². The number of carboxylic acids is 1. The maximum atomic E-state index is 15.6. The lowest BCUT2D eigenvalue weighted by atomic mass is 10.0. The Balaban J connectivity index is 2.32. The van der Waals surface area contributed by atoms with Crippen molar-refractivity contribution in [1.29, 1.82) is 0 Å². The van der Waals surface area contributed by atoms with Crippen molar-refractivity contribution in [2.24, 2.45) is 0 Å². The lowest BCUT2D eigenvalue weighted by Crippen LogP contribution is -2.43. The van der Waals surface area contributed by atoms with Crippen molar-refractivity contribution in [3.8, 4) is 0 Å². The summed E-state index contributed by atoms with van der Waals surface area (Å²) in [7, 11) is -4.77. The first-order chi connectivity index (χ1) is 13.6. The second kappa shape index (κ2) is 7.62. The second-order valence-corrected chi connectivity index (χ2v) is 7.32. The van der Waals surface area contributed by atoms with Crippen molar-refractivity contribution in [3.05, 3.63) is 33.1 Å². The Labute approximate surface area is 155 Å². The zero-order valence-corrected chi connectivity index (χ0v) is 14.6. The molecule has 2 heterocycles. The van der Waals surface area contributed by atoms with Crippen LogP contribution in [0.15, 0.2) is 21.9 Å². The van der Waals surface area contributed by atoms with Crippen LogP contribution in [-0.4, -0.2) is 61.2 Å². The fourth-order valence-corrected chi connectivity index (χ4v) is 3.30. The lowest BCUT2D eigenvalue weighted by molar-refractivity contribution is -0.138. The number of halogens is 1. The maximum Gasteiger partial charge on any atom is 0.403 e. The van der Waals surface area contributed by atoms with E-state index in [4.69, 9.17) is 14.0 Å². The van der Waals surface area contributed by atoms with Gasteiger partial charge in [-0.1, -0.05) is 0 Å². The third kappa shape index (κ3) is 4.69. The van der Waals surface area contributed by atoms with Gasteiger partial charge in [0.25, 0.3) is 5.56 Å². The summed E-state index contributed by atoms with van der Waals surface area (Å²) in [6.45, 7) is -3.53. The van der Waals surface area contributed by atoms with Crippen LogP contribution in [0.4, 0.5) is 4.39 Å². The zero-order chi connectivity index (χ0) is 23.1. The molecule has 14 heteroatoms. The van der Waals surface area contributed by atoms with Crippen LogP contribution in [0.1, 0.15) is 24.1 Å². The molecule has 12 nitrogen and oxygen atoms in total. The lowest BCUT2D eigenvalue weighted by Gasteiger charge is -2.24. The molecular formula is C13H19FN3O9P. The molecule has 152 valence electrons. The maximum absolute atomic E-state index is 15.6. The number of aromatic amines is 1. The number of hydrogen-bond acceptors (Lipinski definition) is 7. The predicted molar refractivity (Wildman–Crippen MR) is 86.8 cm³/mol. The van der Waals surface area contributed by atoms with E-state index in [9.17, 15) is 28.9 Å². The Bertz CT molecular complexity index is 969. The first-order valence-corrected chi connectivity index (χ1v) is 9.00. The van der Waals surface area contributed by atoms with Gasteiger partial charge in [-0.2, -0.15) is 0 Å². The van der Waals surface area contributed by atoms with Crippen LogP contribution in [-0.2, 0) is 18.6 Å². The Kier molecular flexibility index (Phi) is 4.86. The van der Waals surface area contributed by atoms with E-state index in [0.717, 1.165) is 19.2 Å². The number of aliphatic hydroxyl groups excluding tert-OH is 1. The van der Waals surface area contributed by atoms with E-state index in [2.05, 4.69) is 4.52 Å². The van der Waals surface area contributed by atoms with Crippen molar-refractivity contribution in [1.82, 2.24) is 14.6 Å². The van der Waals surface area contributed by atoms with Gasteiger partial charge in [-0.15, -0.1) is 0 Å². The first kappa shape index (κ1) is 17.2. The highest BCUT2D eigenvalue weighted by Crippen LogP contribution is 2.43. The summed E-state index contributed by atoms with van der Waals surface area (Å²) in [5, 5.41) is 20.8. The number of carboxylic acid groups (broad SMARTS) is 1. The third-order valence-electron chi connectivity index (χ3n) is 3.69. The van der Waals surface area contributed by atoms with E-state index in [0.29, 0.717) is 4.57 Å². The summed E-state index contributed by atoms with van der Waals surface area (Å²) in [4.78, 5) is 45.4. The summed E-state index contributed by atoms with van der Waals surface area (Å²) < 4.78 is 59.9. The number of nitrogens with zero attached hydrogens (tertiary/aromatic N) is 1. The number of alkyl halides is 1. The fraction of sp³-hybridized carbons (Fsp3) is 0.615. The molecule has 5 N–H and O–H groups in total. The minimum atomic E-state index is -4.77. The molecule has 0 aromatic carbocycles. The summed E-state index contributed by atoms with van der Waals surface area (Å²) in [6, 6.07) is -0.717. The zero-order valence-electron chi connectivity index (χ0n) is 16.7. The van der Waals surface area contributed by atoms with Gasteiger partial charge in [0.05, 0.1) is 6.61 Å². The van der Waals surface area contributed by atoms with Gasteiger partial charge >= 0.3 is 19.4 Å². The number of nitrogens with one attached hydrogen (secondary N) is 2. The van der Waals surface area contributed by atoms with Crippen molar-refractivity contribution in [3.63, 3.8) is 0 Å². The Morgan fingerprint density at radius 2 is 2.33 bits per heavy atom. The number of aliphatic carboxylic acids is 1. The van der Waals surface area contributed by atoms with Gasteiger partial charge in [0.15, 0.2) is 11.9 Å². The molecule has 0 amide bonds. The molecule has 0 spiro atoms. The molecule has 2 rings (SSSR count). The number of hydrogen-bond donors (Lipinski definition) is 5. The average molecular weight is 415 g/mol. The summed E-state index contributed by atoms with van der Waals surface area (Å²) in [5.41, 5.74) is -5.64. The number of aromatic nitrogens is 2. The smallest absolute Gasteiger partial charge is 0.403 e. The van der Waals surface area contributed by atoms with E-state index in [1.165, 1.54) is 0 Å². The highest BCUT2D eigenvalue weighted by atomic mass is 31.2. The molecule has 0 aliphatic carbocycles. The molecule has 0 radical (unpaired) electrons. The average Bonchev–Trinajstić information content (AvgIpc) is 2.85. The minimum Gasteiger partial charge on any atom is -0.480 e. The van der Waals surface area contributed by atoms with E-state index in [1.54, 1.807) is 10.1 Å². The van der Waals surface area contributed by atoms with E-state index in [1.807, 2.05) is 0 Å². The van der Waals surface area contributed by atoms with Crippen LogP contribution in [0.5, 0.6) is 0 Å². The second-order valence-electron chi connectivity index (χ2n) is 5.76. The normalized spacial score (nSPS) is 33.5. The Morgan fingerprint density at radius 3 is 2.89 bits per heavy atom. The molecule has 1 aliphatic rings. The van der Waals surface area contributed by atoms with Crippen LogP contribution in [0.25, 0.3) is 0 Å². The summed E-state index contributed by atoms with van der Waals surface area (Å²) in [5.74, 6) is -1.48. The molecule has 27 heavy (non-hydrogen) atoms. The van der Waals surface area contributed by atoms with E-state index in [-0.39, 0.29) is 0 Å². The predicted octanol–water partition coefficient (Wildman–Crippen LogP) is -1.30. The quantitative estimate of drug-likeness (QED) is 0.265. The molecule has 1 fully saturated rings. The molecule has 1 aromatic rings. The topological polar surface area (TPSA) is 180 Å². The molecule has 1 aromatic heterocycles. The molecule has 6 atom stereocenters. The highest BCUT2D eigenvalue weighted by molar-refractivity contribution is 7.50. The number of carbonyl (C=O) groups is 1. The third-order valence-corrected chi connectivity index (χ3v) is 4.90. The van der Waals surface area contributed by atoms with Crippen LogP contribution in [0.2, 0.25) is 0 Å². The fourth-order valence-electron chi connectivity index (χ4n) is 2.28. The largest absolute Gasteiger partial charge is 0.480 e. The molecule has 1 saturated heterocycles. The Hall–Kier alpha value is -1.89. The summed E-state index contributed by atoms with van der Waals surface area (Å²) >= 11 is 0. The van der Waals surface area contributed by atoms with Crippen LogP contribution in [0.3, 0.4) is 0 Å². The van der Waals surface area contributed by atoms with Crippen LogP contribution >= 0.6 is 7.75 Å². The van der Waals surface area contributed by atoms with Crippen molar-refractivity contribution in [2.45, 2.75) is 43.9 Å². The van der Waals surface area contributed by atoms with Gasteiger partial charge < -0.3 is 19.8 Å². The molecule has 1 aliphatic heterocycles. The monoisotopic (exact) mass is 415 g/mol. The minimum absolute atomic E-state index is 0.403. The van der Waals surface area contributed by atoms with Crippen LogP contribution in [0, 0.1) is 0 Å². The summed E-state index contributed by atoms with van der Waals surface area (Å²) in [6.07, 6.45) is -5.79. The van der Waals surface area contributed by atoms with Crippen molar-refractivity contribution < 1.29 is 42.2 Å². The van der Waals surface area contributed by atoms with Gasteiger partial charge in [-0.05, 0) is 13.8 Å². The number of H-pyrrole nitrogens is 1. The number of aliphatic hydroxyl groups is 1. The van der Waals surface area contributed by atoms with Crippen molar-refractivity contribution >= 4 is 13.7 Å². The van der Waals surface area contributed by atoms with Gasteiger partial charge in [0, 0.05) is 16.4 Å². The van der Waals surface area contributed by atoms with Gasteiger partial charge in [-0.25, -0.2) is 18.8 Å². The molecule has 0 bridgehead atoms. The highest BCUT2D eigenvalue weighted by Gasteiger charge is 2.55. The van der Waals surface area contributed by atoms with Crippen LogP contribution < -0.4 is 16.3 Å².